The summed E-state index contributed by atoms with van der Waals surface area (Å²) in [4.78, 5) is 26.5. The average Bonchev–Trinajstić information content (AvgIpc) is 3.08. The zero-order chi connectivity index (χ0) is 20.8. The Morgan fingerprint density at radius 2 is 2.17 bits per heavy atom. The van der Waals surface area contributed by atoms with Gasteiger partial charge in [0.2, 0.25) is 5.91 Å². The maximum Gasteiger partial charge on any atom is 0.414 e. The molecule has 2 fully saturated rings. The largest absolute Gasteiger partial charge is 0.442 e. The van der Waals surface area contributed by atoms with Crippen LogP contribution in [0.5, 0.6) is 0 Å². The number of ether oxygens (including phenoxy) is 1. The van der Waals surface area contributed by atoms with Crippen LogP contribution >= 0.6 is 0 Å². The highest BCUT2D eigenvalue weighted by Gasteiger charge is 2.33. The Bertz CT molecular complexity index is 839. The first-order valence-electron chi connectivity index (χ1n) is 9.80. The Morgan fingerprint density at radius 3 is 2.83 bits per heavy atom. The van der Waals surface area contributed by atoms with Crippen molar-refractivity contribution in [3.63, 3.8) is 0 Å². The number of piperidine rings is 1. The minimum Gasteiger partial charge on any atom is -0.442 e. The molecule has 0 aromatic heterocycles. The van der Waals surface area contributed by atoms with Crippen molar-refractivity contribution >= 4 is 23.4 Å². The number of carbonyl (C=O) groups excluding carboxylic acids is 2. The van der Waals surface area contributed by atoms with Crippen molar-refractivity contribution in [2.75, 3.05) is 36.0 Å². The summed E-state index contributed by atoms with van der Waals surface area (Å²) in [5.41, 5.74) is 2.28. The number of nitrogens with one attached hydrogen (secondary N) is 1. The standard InChI is InChI=1S/C21H25FN4O3/c1-15(27)24-13-18-14-26(21(28)29-18)17-5-6-20(19(22)12-17)25-10-7-16(8-11-25)4-2-3-9-23/h4-6,12,18H,2-3,7-8,10-11,13-14H2,1H3,(H,24,27). The van der Waals surface area contributed by atoms with Gasteiger partial charge < -0.3 is 15.0 Å². The Balaban J connectivity index is 1.61. The number of anilines is 2. The van der Waals surface area contributed by atoms with Gasteiger partial charge in [0.15, 0.2) is 0 Å². The second kappa shape index (κ2) is 9.41. The lowest BCUT2D eigenvalue weighted by molar-refractivity contribution is -0.119. The minimum absolute atomic E-state index is 0.195. The van der Waals surface area contributed by atoms with E-state index >= 15 is 0 Å². The molecule has 29 heavy (non-hydrogen) atoms. The first-order valence-corrected chi connectivity index (χ1v) is 9.80. The molecule has 154 valence electrons. The molecule has 1 aromatic rings. The van der Waals surface area contributed by atoms with Gasteiger partial charge in [-0.3, -0.25) is 9.69 Å². The average molecular weight is 400 g/mol. The number of allylic oxidation sites excluding steroid dienone is 1. The number of nitrogens with zero attached hydrogens (tertiary/aromatic N) is 3. The van der Waals surface area contributed by atoms with E-state index in [0.29, 0.717) is 17.8 Å². The lowest BCUT2D eigenvalue weighted by Crippen LogP contribution is -2.33. The number of nitriles is 1. The molecule has 2 aliphatic rings. The van der Waals surface area contributed by atoms with Crippen LogP contribution in [0.15, 0.2) is 29.8 Å². The molecule has 0 spiro atoms. The van der Waals surface area contributed by atoms with Gasteiger partial charge in [-0.25, -0.2) is 9.18 Å². The number of hydrogen-bond acceptors (Lipinski definition) is 5. The van der Waals surface area contributed by atoms with E-state index in [0.717, 1.165) is 32.4 Å². The molecule has 2 aliphatic heterocycles. The molecule has 1 N–H and O–H groups in total. The van der Waals surface area contributed by atoms with Gasteiger partial charge in [-0.2, -0.15) is 5.26 Å². The van der Waals surface area contributed by atoms with Crippen LogP contribution in [0.25, 0.3) is 0 Å². The number of halogens is 1. The van der Waals surface area contributed by atoms with Crippen LogP contribution < -0.4 is 15.1 Å². The number of rotatable bonds is 6. The van der Waals surface area contributed by atoms with Crippen molar-refractivity contribution in [3.05, 3.63) is 35.7 Å². The molecule has 2 heterocycles. The zero-order valence-electron chi connectivity index (χ0n) is 16.5. The Hall–Kier alpha value is -3.08. The Morgan fingerprint density at radius 1 is 1.41 bits per heavy atom. The third-order valence-corrected chi connectivity index (χ3v) is 5.13. The number of unbranched alkanes of at least 4 members (excludes halogenated alkanes) is 1. The van der Waals surface area contributed by atoms with Gasteiger partial charge in [-0.15, -0.1) is 0 Å². The van der Waals surface area contributed by atoms with Crippen LogP contribution in [0.4, 0.5) is 20.6 Å². The molecule has 3 rings (SSSR count). The molecule has 8 heteroatoms. The molecule has 0 aliphatic carbocycles. The molecular formula is C21H25FN4O3. The molecule has 2 saturated heterocycles. The van der Waals surface area contributed by atoms with Crippen LogP contribution in [-0.4, -0.2) is 44.3 Å². The predicted molar refractivity (Wildman–Crippen MR) is 107 cm³/mol. The third-order valence-electron chi connectivity index (χ3n) is 5.13. The molecule has 0 radical (unpaired) electrons. The smallest absolute Gasteiger partial charge is 0.414 e. The second-order valence-corrected chi connectivity index (χ2v) is 7.24. The molecule has 1 unspecified atom stereocenters. The summed E-state index contributed by atoms with van der Waals surface area (Å²) < 4.78 is 20.0. The van der Waals surface area contributed by atoms with Gasteiger partial charge >= 0.3 is 6.09 Å². The third kappa shape index (κ3) is 5.25. The summed E-state index contributed by atoms with van der Waals surface area (Å²) in [7, 11) is 0. The van der Waals surface area contributed by atoms with E-state index in [9.17, 15) is 14.0 Å². The van der Waals surface area contributed by atoms with Crippen molar-refractivity contribution in [1.82, 2.24) is 5.32 Å². The number of cyclic esters (lactones) is 1. The summed E-state index contributed by atoms with van der Waals surface area (Å²) in [6.45, 7) is 3.33. The van der Waals surface area contributed by atoms with Crippen molar-refractivity contribution in [2.45, 2.75) is 38.7 Å². The zero-order valence-corrected chi connectivity index (χ0v) is 16.5. The van der Waals surface area contributed by atoms with Gasteiger partial charge in [0, 0.05) is 26.4 Å². The van der Waals surface area contributed by atoms with Gasteiger partial charge in [0.05, 0.1) is 30.5 Å². The number of carbonyl (C=O) groups is 2. The summed E-state index contributed by atoms with van der Waals surface area (Å²) >= 11 is 0. The molecule has 2 amide bonds. The first kappa shape index (κ1) is 20.6. The van der Waals surface area contributed by atoms with Crippen LogP contribution in [-0.2, 0) is 9.53 Å². The molecule has 0 saturated carbocycles. The Kier molecular flexibility index (Phi) is 6.70. The minimum atomic E-state index is -0.544. The number of hydrogen-bond donors (Lipinski definition) is 1. The van der Waals surface area contributed by atoms with E-state index in [-0.39, 0.29) is 24.8 Å². The van der Waals surface area contributed by atoms with Gasteiger partial charge in [0.25, 0.3) is 0 Å². The Labute approximate surface area is 169 Å². The highest BCUT2D eigenvalue weighted by atomic mass is 19.1. The SMILES string of the molecule is CC(=O)NCC1CN(c2ccc(N3CCC(=CCCC#N)CC3)c(F)c2)C(=O)O1. The van der Waals surface area contributed by atoms with Crippen molar-refractivity contribution in [3.8, 4) is 6.07 Å². The van der Waals surface area contributed by atoms with E-state index < -0.39 is 12.2 Å². The predicted octanol–water partition coefficient (Wildman–Crippen LogP) is 3.12. The van der Waals surface area contributed by atoms with Crippen molar-refractivity contribution in [1.29, 1.82) is 5.26 Å². The summed E-state index contributed by atoms with van der Waals surface area (Å²) in [6.07, 6.45) is 4.12. The monoisotopic (exact) mass is 400 g/mol. The molecule has 1 aromatic carbocycles. The molecule has 0 bridgehead atoms. The van der Waals surface area contributed by atoms with Crippen molar-refractivity contribution in [2.24, 2.45) is 0 Å². The maximum absolute atomic E-state index is 14.8. The van der Waals surface area contributed by atoms with Crippen LogP contribution in [0.3, 0.4) is 0 Å². The van der Waals surface area contributed by atoms with Gasteiger partial charge in [-0.05, 0) is 37.5 Å². The molecular weight excluding hydrogens is 375 g/mol. The van der Waals surface area contributed by atoms with E-state index in [2.05, 4.69) is 17.5 Å². The van der Waals surface area contributed by atoms with E-state index in [1.54, 1.807) is 12.1 Å². The van der Waals surface area contributed by atoms with E-state index in [1.165, 1.54) is 23.5 Å². The molecule has 7 nitrogen and oxygen atoms in total. The highest BCUT2D eigenvalue weighted by Crippen LogP contribution is 2.30. The summed E-state index contributed by atoms with van der Waals surface area (Å²) in [5.74, 6) is -0.572. The normalized spacial score (nSPS) is 19.0. The fourth-order valence-electron chi connectivity index (χ4n) is 3.60. The number of amides is 2. The van der Waals surface area contributed by atoms with Crippen molar-refractivity contribution < 1.29 is 18.7 Å². The maximum atomic E-state index is 14.8. The lowest BCUT2D eigenvalue weighted by Gasteiger charge is -2.31. The summed E-state index contributed by atoms with van der Waals surface area (Å²) in [5, 5.41) is 11.2. The molecule has 1 atom stereocenters. The highest BCUT2D eigenvalue weighted by molar-refractivity contribution is 5.90. The summed E-state index contributed by atoms with van der Waals surface area (Å²) in [6, 6.07) is 6.91. The topological polar surface area (TPSA) is 85.7 Å². The quantitative estimate of drug-likeness (QED) is 0.586. The fourth-order valence-corrected chi connectivity index (χ4v) is 3.60. The van der Waals surface area contributed by atoms with Crippen LogP contribution in [0.1, 0.15) is 32.6 Å². The van der Waals surface area contributed by atoms with Gasteiger partial charge in [-0.1, -0.05) is 11.6 Å². The van der Waals surface area contributed by atoms with E-state index in [4.69, 9.17) is 10.00 Å². The van der Waals surface area contributed by atoms with E-state index in [1.807, 2.05) is 4.90 Å². The fraction of sp³-hybridized carbons (Fsp3) is 0.476. The van der Waals surface area contributed by atoms with Crippen LogP contribution in [0.2, 0.25) is 0 Å². The second-order valence-electron chi connectivity index (χ2n) is 7.24. The lowest BCUT2D eigenvalue weighted by atomic mass is 10.0. The first-order chi connectivity index (χ1) is 14.0. The van der Waals surface area contributed by atoms with Crippen LogP contribution in [0, 0.1) is 17.1 Å². The number of benzene rings is 1. The van der Waals surface area contributed by atoms with Gasteiger partial charge in [0.1, 0.15) is 11.9 Å².